The van der Waals surface area contributed by atoms with Gasteiger partial charge in [0.25, 0.3) is 0 Å². The second-order valence-corrected chi connectivity index (χ2v) is 10.4. The van der Waals surface area contributed by atoms with Crippen LogP contribution in [0.5, 0.6) is 0 Å². The molecule has 218 valence electrons. The number of aromatic nitrogens is 6. The lowest BCUT2D eigenvalue weighted by Crippen LogP contribution is -2.40. The Morgan fingerprint density at radius 1 is 1.25 bits per heavy atom. The number of urea groups is 1. The molecule has 1 aliphatic heterocycles. The highest BCUT2D eigenvalue weighted by Gasteiger charge is 2.48. The summed E-state index contributed by atoms with van der Waals surface area (Å²) in [6.07, 6.45) is -1.39. The zero-order valence-electron chi connectivity index (χ0n) is 22.1. The van der Waals surface area contributed by atoms with Gasteiger partial charge in [-0.2, -0.15) is 18.3 Å². The van der Waals surface area contributed by atoms with Crippen molar-refractivity contribution in [2.24, 2.45) is 13.0 Å². The van der Waals surface area contributed by atoms with Gasteiger partial charge >= 0.3 is 12.2 Å². The number of aryl methyl sites for hydroxylation is 1. The molecule has 3 aromatic rings. The molecule has 0 bridgehead atoms. The van der Waals surface area contributed by atoms with E-state index in [0.29, 0.717) is 28.7 Å². The molecule has 5 rings (SSSR count). The first kappa shape index (κ1) is 28.0. The van der Waals surface area contributed by atoms with Crippen molar-refractivity contribution < 1.29 is 31.5 Å². The highest BCUT2D eigenvalue weighted by Crippen LogP contribution is 2.42. The maximum atomic E-state index is 14.0. The highest BCUT2D eigenvalue weighted by molar-refractivity contribution is 5.77. The molecule has 16 heteroatoms. The zero-order chi connectivity index (χ0) is 28.8. The van der Waals surface area contributed by atoms with Gasteiger partial charge in [-0.15, -0.1) is 10.2 Å². The molecule has 1 saturated carbocycles. The predicted molar refractivity (Wildman–Crippen MR) is 132 cm³/mol. The van der Waals surface area contributed by atoms with Crippen LogP contribution in [0.25, 0.3) is 5.65 Å². The molecular formula is C24H30F5N9O2. The van der Waals surface area contributed by atoms with E-state index in [-0.39, 0.29) is 38.2 Å². The number of methoxy groups -OCH3 is 1. The van der Waals surface area contributed by atoms with E-state index in [1.807, 2.05) is 5.32 Å². The molecule has 2 aliphatic rings. The minimum atomic E-state index is -4.59. The maximum Gasteiger partial charge on any atom is 0.410 e. The van der Waals surface area contributed by atoms with E-state index in [1.165, 1.54) is 17.8 Å². The fourth-order valence-electron chi connectivity index (χ4n) is 5.28. The van der Waals surface area contributed by atoms with Crippen molar-refractivity contribution in [1.29, 1.82) is 0 Å². The van der Waals surface area contributed by atoms with Crippen molar-refractivity contribution in [3.8, 4) is 0 Å². The summed E-state index contributed by atoms with van der Waals surface area (Å²) < 4.78 is 76.2. The van der Waals surface area contributed by atoms with Crippen LogP contribution in [0, 0.1) is 12.8 Å². The van der Waals surface area contributed by atoms with E-state index in [9.17, 15) is 26.7 Å². The number of anilines is 1. The molecule has 0 aromatic carbocycles. The average molecular weight is 572 g/mol. The topological polar surface area (TPSA) is 114 Å². The van der Waals surface area contributed by atoms with E-state index < -0.39 is 42.8 Å². The number of hydrogen-bond donors (Lipinski definition) is 2. The molecule has 0 radical (unpaired) electrons. The van der Waals surface area contributed by atoms with Gasteiger partial charge in [0, 0.05) is 32.6 Å². The van der Waals surface area contributed by atoms with Crippen molar-refractivity contribution in [2.45, 2.75) is 62.8 Å². The maximum absolute atomic E-state index is 14.0. The molecule has 1 aliphatic carbocycles. The fraction of sp³-hybridized carbons (Fsp3) is 0.625. The number of imidazole rings is 1. The molecular weight excluding hydrogens is 541 g/mol. The summed E-state index contributed by atoms with van der Waals surface area (Å²) >= 11 is 0. The number of nitrogens with one attached hydrogen (secondary N) is 2. The second-order valence-electron chi connectivity index (χ2n) is 10.4. The van der Waals surface area contributed by atoms with Crippen LogP contribution in [0.1, 0.15) is 54.8 Å². The number of halogens is 5. The number of fused-ring (bicyclic) bond motifs is 1. The van der Waals surface area contributed by atoms with Gasteiger partial charge in [0.2, 0.25) is 11.9 Å². The quantitative estimate of drug-likeness (QED) is 0.396. The number of ether oxygens (including phenoxy) is 1. The Morgan fingerprint density at radius 3 is 2.58 bits per heavy atom. The SMILES string of the molecule is COC[C@H](c1cnn2cc([C@@H](Nc3nnc(C)n3C)C3CCC(F)(F)CC3)nc2c1)N1C[C@@H](C(F)(F)F)NC1=O. The van der Waals surface area contributed by atoms with Crippen molar-refractivity contribution in [2.75, 3.05) is 25.6 Å². The predicted octanol–water partition coefficient (Wildman–Crippen LogP) is 3.79. The first-order valence-corrected chi connectivity index (χ1v) is 12.8. The number of hydrogen-bond acceptors (Lipinski definition) is 7. The number of alkyl halides is 5. The normalized spacial score (nSPS) is 21.6. The Bertz CT molecular complexity index is 1360. The summed E-state index contributed by atoms with van der Waals surface area (Å²) in [4.78, 5) is 18.2. The number of amides is 2. The summed E-state index contributed by atoms with van der Waals surface area (Å²) in [6, 6.07) is -2.53. The summed E-state index contributed by atoms with van der Waals surface area (Å²) in [7, 11) is 3.18. The van der Waals surface area contributed by atoms with E-state index in [2.05, 4.69) is 20.6 Å². The largest absolute Gasteiger partial charge is 0.410 e. The van der Waals surface area contributed by atoms with Crippen LogP contribution in [0.15, 0.2) is 18.5 Å². The number of rotatable bonds is 8. The Labute approximate surface area is 226 Å². The second kappa shape index (κ2) is 10.4. The third kappa shape index (κ3) is 5.53. The Kier molecular flexibility index (Phi) is 7.31. The lowest BCUT2D eigenvalue weighted by molar-refractivity contribution is -0.150. The molecule has 2 amide bonds. The van der Waals surface area contributed by atoms with E-state index in [0.717, 1.165) is 4.90 Å². The summed E-state index contributed by atoms with van der Waals surface area (Å²) in [5.74, 6) is -1.75. The van der Waals surface area contributed by atoms with Gasteiger partial charge in [-0.25, -0.2) is 23.1 Å². The third-order valence-corrected chi connectivity index (χ3v) is 7.71. The smallest absolute Gasteiger partial charge is 0.382 e. The summed E-state index contributed by atoms with van der Waals surface area (Å²) in [5, 5.41) is 17.9. The van der Waals surface area contributed by atoms with Crippen molar-refractivity contribution in [3.05, 3.63) is 35.5 Å². The molecule has 3 aromatic heterocycles. The highest BCUT2D eigenvalue weighted by atomic mass is 19.4. The lowest BCUT2D eigenvalue weighted by atomic mass is 9.81. The van der Waals surface area contributed by atoms with Gasteiger partial charge in [0.1, 0.15) is 11.9 Å². The van der Waals surface area contributed by atoms with E-state index in [4.69, 9.17) is 9.72 Å². The van der Waals surface area contributed by atoms with Gasteiger partial charge in [-0.3, -0.25) is 0 Å². The van der Waals surface area contributed by atoms with Crippen LogP contribution in [-0.4, -0.2) is 78.7 Å². The lowest BCUT2D eigenvalue weighted by Gasteiger charge is -2.33. The Morgan fingerprint density at radius 2 is 1.98 bits per heavy atom. The van der Waals surface area contributed by atoms with Gasteiger partial charge in [-0.05, 0) is 31.7 Å². The van der Waals surface area contributed by atoms with E-state index >= 15 is 0 Å². The van der Waals surface area contributed by atoms with Crippen LogP contribution in [0.4, 0.5) is 32.7 Å². The zero-order valence-corrected chi connectivity index (χ0v) is 22.1. The molecule has 40 heavy (non-hydrogen) atoms. The summed E-state index contributed by atoms with van der Waals surface area (Å²) in [6.45, 7) is 1.16. The van der Waals surface area contributed by atoms with Gasteiger partial charge in [0.15, 0.2) is 5.65 Å². The molecule has 2 fully saturated rings. The molecule has 1 saturated heterocycles. The summed E-state index contributed by atoms with van der Waals surface area (Å²) in [5.41, 5.74) is 1.36. The standard InChI is InChI=1S/C24H30F5N9O2/c1-13-34-35-21(36(13)2)33-20(14-4-6-23(25,26)7-5-14)16-10-38-19(31-16)8-15(9-30-38)17(12-40-3)37-11-18(24(27,28)29)32-22(37)39/h8-10,14,17-18,20H,4-7,11-12H2,1-3H3,(H,32,39)(H,33,35)/t17-,18+,20+/m1/s1. The first-order chi connectivity index (χ1) is 18.9. The number of carbonyl (C=O) groups excluding carboxylic acids is 1. The molecule has 0 spiro atoms. The minimum Gasteiger partial charge on any atom is -0.382 e. The molecule has 2 N–H and O–H groups in total. The van der Waals surface area contributed by atoms with Gasteiger partial charge < -0.3 is 24.8 Å². The van der Waals surface area contributed by atoms with Crippen LogP contribution in [0.2, 0.25) is 0 Å². The number of nitrogens with zero attached hydrogens (tertiary/aromatic N) is 7. The minimum absolute atomic E-state index is 0.0601. The fourth-order valence-corrected chi connectivity index (χ4v) is 5.28. The first-order valence-electron chi connectivity index (χ1n) is 12.8. The van der Waals surface area contributed by atoms with Gasteiger partial charge in [-0.1, -0.05) is 0 Å². The van der Waals surface area contributed by atoms with Crippen molar-refractivity contribution in [3.63, 3.8) is 0 Å². The number of carbonyl (C=O) groups is 1. The van der Waals surface area contributed by atoms with E-state index in [1.54, 1.807) is 30.8 Å². The van der Waals surface area contributed by atoms with Crippen LogP contribution >= 0.6 is 0 Å². The average Bonchev–Trinajstić information content (AvgIpc) is 3.58. The Balaban J connectivity index is 1.46. The van der Waals surface area contributed by atoms with Crippen LogP contribution in [0.3, 0.4) is 0 Å². The molecule has 11 nitrogen and oxygen atoms in total. The monoisotopic (exact) mass is 571 g/mol. The van der Waals surface area contributed by atoms with Gasteiger partial charge in [0.05, 0.1) is 43.3 Å². The van der Waals surface area contributed by atoms with Crippen molar-refractivity contribution in [1.82, 2.24) is 39.6 Å². The van der Waals surface area contributed by atoms with Crippen LogP contribution in [-0.2, 0) is 11.8 Å². The molecule has 4 heterocycles. The third-order valence-electron chi connectivity index (χ3n) is 7.71. The van der Waals surface area contributed by atoms with Crippen LogP contribution < -0.4 is 10.6 Å². The molecule has 0 unspecified atom stereocenters. The molecule has 3 atom stereocenters. The van der Waals surface area contributed by atoms with Crippen molar-refractivity contribution >= 4 is 17.6 Å². The Hall–Kier alpha value is -3.56.